The van der Waals surface area contributed by atoms with Crippen LogP contribution in [0.5, 0.6) is 0 Å². The molecular weight excluding hydrogens is 394 g/mol. The average molecular weight is 415 g/mol. The lowest BCUT2D eigenvalue weighted by Gasteiger charge is -2.13. The van der Waals surface area contributed by atoms with Crippen molar-refractivity contribution in [2.24, 2.45) is 0 Å². The van der Waals surface area contributed by atoms with E-state index >= 15 is 0 Å². The second-order valence-corrected chi connectivity index (χ2v) is 7.04. The number of carbonyl (C=O) groups excluding carboxylic acids is 2. The van der Waals surface area contributed by atoms with Gasteiger partial charge in [-0.1, -0.05) is 30.3 Å². The van der Waals surface area contributed by atoms with Gasteiger partial charge in [-0.2, -0.15) is 5.10 Å². The maximum Gasteiger partial charge on any atom is 0.340 e. The number of carbonyl (C=O) groups is 2. The summed E-state index contributed by atoms with van der Waals surface area (Å²) in [5, 5.41) is 5.02. The first kappa shape index (κ1) is 20.3. The van der Waals surface area contributed by atoms with E-state index in [9.17, 15) is 9.59 Å². The highest BCUT2D eigenvalue weighted by Gasteiger charge is 2.20. The summed E-state index contributed by atoms with van der Waals surface area (Å²) in [6.07, 6.45) is 3.59. The molecule has 4 rings (SSSR count). The molecule has 156 valence electrons. The molecule has 4 aromatic rings. The van der Waals surface area contributed by atoms with E-state index in [0.29, 0.717) is 23.4 Å². The number of ether oxygens (including phenoxy) is 2. The Hall–Kier alpha value is -4.00. The topological polar surface area (TPSA) is 83.3 Å². The molecule has 0 spiro atoms. The van der Waals surface area contributed by atoms with E-state index in [2.05, 4.69) is 10.1 Å². The van der Waals surface area contributed by atoms with Crippen LogP contribution in [0.4, 0.5) is 0 Å². The smallest absolute Gasteiger partial charge is 0.340 e. The third-order valence-electron chi connectivity index (χ3n) is 5.05. The normalized spacial score (nSPS) is 10.8. The van der Waals surface area contributed by atoms with Crippen molar-refractivity contribution in [1.82, 2.24) is 14.8 Å². The van der Waals surface area contributed by atoms with Crippen LogP contribution in [-0.2, 0) is 22.6 Å². The lowest BCUT2D eigenvalue weighted by molar-refractivity contribution is 0.0455. The minimum atomic E-state index is -0.509. The molecule has 0 atom stereocenters. The molecular formula is C24H21N3O4. The summed E-state index contributed by atoms with van der Waals surface area (Å²) in [6.45, 7) is 2.31. The Morgan fingerprint density at radius 3 is 2.48 bits per heavy atom. The molecule has 0 saturated heterocycles. The number of hydrogen-bond donors (Lipinski definition) is 0. The molecule has 2 aromatic carbocycles. The maximum atomic E-state index is 12.6. The van der Waals surface area contributed by atoms with Crippen LogP contribution in [0.3, 0.4) is 0 Å². The van der Waals surface area contributed by atoms with Crippen molar-refractivity contribution in [1.29, 1.82) is 0 Å². The fourth-order valence-corrected chi connectivity index (χ4v) is 3.46. The van der Waals surface area contributed by atoms with E-state index in [-0.39, 0.29) is 6.61 Å². The summed E-state index contributed by atoms with van der Waals surface area (Å²) in [5.74, 6) is -1.00. The number of hydrogen-bond acceptors (Lipinski definition) is 6. The van der Waals surface area contributed by atoms with Gasteiger partial charge in [0.25, 0.3) is 0 Å². The van der Waals surface area contributed by atoms with Gasteiger partial charge in [0.15, 0.2) is 0 Å². The van der Waals surface area contributed by atoms with Gasteiger partial charge in [-0.3, -0.25) is 4.68 Å². The van der Waals surface area contributed by atoms with Crippen LogP contribution >= 0.6 is 0 Å². The molecule has 2 aromatic heterocycles. The molecule has 0 N–H and O–H groups in total. The molecule has 0 fully saturated rings. The standard InChI is InChI=1S/C24H21N3O4/c1-16-19-6-3-4-7-20(19)26-21(22(16)24(29)30-2)15-31-23(28)18-10-8-17(9-11-18)14-27-13-5-12-25-27/h3-13H,14-15H2,1-2H3. The lowest BCUT2D eigenvalue weighted by atomic mass is 10.0. The number of aromatic nitrogens is 3. The second kappa shape index (κ2) is 8.79. The Kier molecular flexibility index (Phi) is 5.75. The number of aryl methyl sites for hydroxylation is 1. The van der Waals surface area contributed by atoms with Gasteiger partial charge >= 0.3 is 11.9 Å². The quantitative estimate of drug-likeness (QED) is 0.444. The van der Waals surface area contributed by atoms with Crippen LogP contribution in [0.15, 0.2) is 67.0 Å². The average Bonchev–Trinajstić information content (AvgIpc) is 3.30. The molecule has 7 heteroatoms. The number of fused-ring (bicyclic) bond motifs is 1. The molecule has 0 aliphatic heterocycles. The zero-order valence-corrected chi connectivity index (χ0v) is 17.2. The third-order valence-corrected chi connectivity index (χ3v) is 5.05. The summed E-state index contributed by atoms with van der Waals surface area (Å²) >= 11 is 0. The number of pyridine rings is 1. The predicted molar refractivity (Wildman–Crippen MR) is 115 cm³/mol. The fourth-order valence-electron chi connectivity index (χ4n) is 3.46. The van der Waals surface area contributed by atoms with E-state index in [1.54, 1.807) is 23.0 Å². The van der Waals surface area contributed by atoms with E-state index < -0.39 is 11.9 Å². The van der Waals surface area contributed by atoms with Crippen LogP contribution in [0.25, 0.3) is 10.9 Å². The zero-order chi connectivity index (χ0) is 21.8. The van der Waals surface area contributed by atoms with Gasteiger partial charge in [0.1, 0.15) is 6.61 Å². The number of benzene rings is 2. The van der Waals surface area contributed by atoms with Crippen LogP contribution in [0.1, 0.15) is 37.5 Å². The number of para-hydroxylation sites is 1. The molecule has 0 unspecified atom stereocenters. The van der Waals surface area contributed by atoms with E-state index in [1.807, 2.05) is 55.6 Å². The second-order valence-electron chi connectivity index (χ2n) is 7.04. The SMILES string of the molecule is COC(=O)c1c(COC(=O)c2ccc(Cn3cccn3)cc2)nc2ccccc2c1C. The molecule has 0 bridgehead atoms. The number of rotatable bonds is 6. The molecule has 0 saturated carbocycles. The lowest BCUT2D eigenvalue weighted by Crippen LogP contribution is -2.14. The number of esters is 2. The molecule has 7 nitrogen and oxygen atoms in total. The van der Waals surface area contributed by atoms with Gasteiger partial charge in [-0.25, -0.2) is 14.6 Å². The van der Waals surface area contributed by atoms with E-state index in [4.69, 9.17) is 9.47 Å². The van der Waals surface area contributed by atoms with Gasteiger partial charge in [-0.15, -0.1) is 0 Å². The molecule has 0 amide bonds. The Balaban J connectivity index is 1.53. The van der Waals surface area contributed by atoms with Crippen molar-refractivity contribution < 1.29 is 19.1 Å². The van der Waals surface area contributed by atoms with Crippen molar-refractivity contribution in [2.75, 3.05) is 7.11 Å². The summed E-state index contributed by atoms with van der Waals surface area (Å²) in [4.78, 5) is 29.5. The van der Waals surface area contributed by atoms with Crippen molar-refractivity contribution >= 4 is 22.8 Å². The molecule has 0 aliphatic carbocycles. The summed E-state index contributed by atoms with van der Waals surface area (Å²) in [6, 6.07) is 16.5. The van der Waals surface area contributed by atoms with Crippen molar-refractivity contribution in [3.63, 3.8) is 0 Å². The first-order valence-corrected chi connectivity index (χ1v) is 9.77. The predicted octanol–water partition coefficient (Wildman–Crippen LogP) is 3.93. The maximum absolute atomic E-state index is 12.6. The van der Waals surface area contributed by atoms with Gasteiger partial charge < -0.3 is 9.47 Å². The third kappa shape index (κ3) is 4.30. The number of methoxy groups -OCH3 is 1. The van der Waals surface area contributed by atoms with Gasteiger partial charge in [0, 0.05) is 17.8 Å². The van der Waals surface area contributed by atoms with Crippen molar-refractivity contribution in [3.8, 4) is 0 Å². The molecule has 2 heterocycles. The first-order valence-electron chi connectivity index (χ1n) is 9.77. The van der Waals surface area contributed by atoms with Crippen LogP contribution < -0.4 is 0 Å². The van der Waals surface area contributed by atoms with Crippen molar-refractivity contribution in [2.45, 2.75) is 20.1 Å². The molecule has 31 heavy (non-hydrogen) atoms. The van der Waals surface area contributed by atoms with Gasteiger partial charge in [-0.05, 0) is 42.3 Å². The van der Waals surface area contributed by atoms with Gasteiger partial charge in [0.2, 0.25) is 0 Å². The zero-order valence-electron chi connectivity index (χ0n) is 17.2. The van der Waals surface area contributed by atoms with E-state index in [1.165, 1.54) is 7.11 Å². The Morgan fingerprint density at radius 2 is 1.77 bits per heavy atom. The fraction of sp³-hybridized carbons (Fsp3) is 0.167. The largest absolute Gasteiger partial charge is 0.465 e. The Morgan fingerprint density at radius 1 is 1.00 bits per heavy atom. The van der Waals surface area contributed by atoms with E-state index in [0.717, 1.165) is 22.0 Å². The summed E-state index contributed by atoms with van der Waals surface area (Å²) in [5.41, 5.74) is 3.59. The molecule has 0 radical (unpaired) electrons. The number of nitrogens with zero attached hydrogens (tertiary/aromatic N) is 3. The monoisotopic (exact) mass is 415 g/mol. The highest BCUT2D eigenvalue weighted by molar-refractivity contribution is 5.98. The Bertz CT molecular complexity index is 1230. The van der Waals surface area contributed by atoms with Crippen LogP contribution in [0, 0.1) is 6.92 Å². The van der Waals surface area contributed by atoms with Crippen LogP contribution in [0.2, 0.25) is 0 Å². The van der Waals surface area contributed by atoms with Crippen molar-refractivity contribution in [3.05, 3.63) is 94.9 Å². The van der Waals surface area contributed by atoms with Crippen LogP contribution in [-0.4, -0.2) is 33.8 Å². The minimum Gasteiger partial charge on any atom is -0.465 e. The highest BCUT2D eigenvalue weighted by Crippen LogP contribution is 2.24. The molecule has 0 aliphatic rings. The Labute approximate surface area is 179 Å². The summed E-state index contributed by atoms with van der Waals surface area (Å²) < 4.78 is 12.2. The summed E-state index contributed by atoms with van der Waals surface area (Å²) in [7, 11) is 1.32. The first-order chi connectivity index (χ1) is 15.1. The van der Waals surface area contributed by atoms with Gasteiger partial charge in [0.05, 0.1) is 36.0 Å². The minimum absolute atomic E-state index is 0.135. The highest BCUT2D eigenvalue weighted by atomic mass is 16.5.